The van der Waals surface area contributed by atoms with E-state index in [4.69, 9.17) is 14.7 Å². The average molecular weight is 694 g/mol. The molecule has 0 bridgehead atoms. The second kappa shape index (κ2) is 13.7. The van der Waals surface area contributed by atoms with Gasteiger partial charge < -0.3 is 24.6 Å². The third-order valence-electron chi connectivity index (χ3n) is 10.2. The van der Waals surface area contributed by atoms with Crippen LogP contribution in [0.2, 0.25) is 0 Å². The van der Waals surface area contributed by atoms with E-state index in [0.717, 1.165) is 44.3 Å². The van der Waals surface area contributed by atoms with Crippen LogP contribution < -0.4 is 9.80 Å². The molecule has 0 radical (unpaired) electrons. The van der Waals surface area contributed by atoms with Gasteiger partial charge >= 0.3 is 12.1 Å². The highest BCUT2D eigenvalue weighted by Gasteiger charge is 2.40. The Morgan fingerprint density at radius 1 is 1.02 bits per heavy atom. The summed E-state index contributed by atoms with van der Waals surface area (Å²) in [4.78, 5) is 43.9. The Labute approximate surface area is 288 Å². The molecule has 2 N–H and O–H groups in total. The quantitative estimate of drug-likeness (QED) is 0.203. The van der Waals surface area contributed by atoms with Crippen molar-refractivity contribution in [1.82, 2.24) is 34.8 Å². The lowest BCUT2D eigenvalue weighted by Gasteiger charge is -2.34. The highest BCUT2D eigenvalue weighted by molar-refractivity contribution is 5.91. The number of carboxylic acids is 1. The number of methoxy groups -OCH3 is 1. The number of halogens is 3. The Kier molecular flexibility index (Phi) is 9.37. The first-order valence-electron chi connectivity index (χ1n) is 17.2. The van der Waals surface area contributed by atoms with Crippen LogP contribution in [0.15, 0.2) is 30.7 Å². The second-order valence-corrected chi connectivity index (χ2v) is 14.0. The van der Waals surface area contributed by atoms with E-state index >= 15 is 0 Å². The Hall–Kier alpha value is -4.37. The number of pyridine rings is 2. The van der Waals surface area contributed by atoms with Crippen LogP contribution >= 0.6 is 0 Å². The molecule has 0 unspecified atom stereocenters. The minimum absolute atomic E-state index is 0.0105. The minimum atomic E-state index is -4.53. The van der Waals surface area contributed by atoms with E-state index in [0.29, 0.717) is 79.8 Å². The van der Waals surface area contributed by atoms with Gasteiger partial charge in [-0.1, -0.05) is 12.8 Å². The number of nitrogens with one attached hydrogen (secondary N) is 1. The van der Waals surface area contributed by atoms with Crippen molar-refractivity contribution in [2.24, 2.45) is 5.41 Å². The molecule has 15 heteroatoms. The number of carboxylic acid groups (broad SMARTS) is 1. The molecule has 2 aliphatic carbocycles. The maximum absolute atomic E-state index is 14.2. The van der Waals surface area contributed by atoms with Crippen LogP contribution in [0.4, 0.5) is 24.7 Å². The predicted molar refractivity (Wildman–Crippen MR) is 182 cm³/mol. The van der Waals surface area contributed by atoms with Gasteiger partial charge in [-0.15, -0.1) is 0 Å². The fourth-order valence-corrected chi connectivity index (χ4v) is 7.59. The lowest BCUT2D eigenvalue weighted by Crippen LogP contribution is -2.37. The van der Waals surface area contributed by atoms with Crippen molar-refractivity contribution in [2.75, 3.05) is 69.8 Å². The predicted octanol–water partition coefficient (Wildman–Crippen LogP) is 5.61. The molecule has 3 fully saturated rings. The minimum Gasteiger partial charge on any atom is -0.480 e. The van der Waals surface area contributed by atoms with Crippen LogP contribution in [0, 0.1) is 5.41 Å². The summed E-state index contributed by atoms with van der Waals surface area (Å²) < 4.78 is 48.3. The molecule has 1 aliphatic heterocycles. The largest absolute Gasteiger partial charge is 0.480 e. The van der Waals surface area contributed by atoms with Crippen molar-refractivity contribution in [3.63, 3.8) is 0 Å². The third kappa shape index (κ3) is 7.24. The Morgan fingerprint density at radius 2 is 1.82 bits per heavy atom. The summed E-state index contributed by atoms with van der Waals surface area (Å²) in [7, 11) is 3.70. The number of carbonyl (C=O) groups is 1. The number of rotatable bonds is 11. The number of H-pyrrole nitrogens is 1. The van der Waals surface area contributed by atoms with E-state index in [1.165, 1.54) is 12.3 Å². The standard InChI is InChI=1S/C35H42F3N9O3/c1-45(20-34(21-50-2)8-3-4-9-34)27-15-25(23-14-24(35(36,37)38)30(41-16-23)22-6-7-22)42-33-31(27)43-32(44-33)26-17-40-28(18-39-26)47-11-5-10-46(12-13-47)19-29(48)49/h14-18,22H,3-13,19-21H2,1-2H3,(H,48,49)(H,42,43,44). The van der Waals surface area contributed by atoms with E-state index in [-0.39, 0.29) is 29.1 Å². The van der Waals surface area contributed by atoms with Gasteiger partial charge in [-0.05, 0) is 44.2 Å². The summed E-state index contributed by atoms with van der Waals surface area (Å²) >= 11 is 0. The van der Waals surface area contributed by atoms with E-state index < -0.39 is 17.7 Å². The molecule has 266 valence electrons. The van der Waals surface area contributed by atoms with E-state index in [1.807, 2.05) is 18.0 Å². The molecule has 0 spiro atoms. The van der Waals surface area contributed by atoms with Gasteiger partial charge in [0.05, 0.1) is 48.2 Å². The average Bonchev–Trinajstić information content (AvgIpc) is 3.76. The molecule has 4 aromatic heterocycles. The number of fused-ring (bicyclic) bond motifs is 1. The molecule has 5 heterocycles. The van der Waals surface area contributed by atoms with Gasteiger partial charge in [-0.25, -0.2) is 19.9 Å². The maximum atomic E-state index is 14.2. The summed E-state index contributed by atoms with van der Waals surface area (Å²) in [6, 6.07) is 2.99. The third-order valence-corrected chi connectivity index (χ3v) is 10.2. The number of ether oxygens (including phenoxy) is 1. The molecule has 3 aliphatic rings. The van der Waals surface area contributed by atoms with Gasteiger partial charge in [0.1, 0.15) is 17.0 Å². The molecular weight excluding hydrogens is 651 g/mol. The topological polar surface area (TPSA) is 136 Å². The number of aromatic amines is 1. The van der Waals surface area contributed by atoms with Gasteiger partial charge in [-0.2, -0.15) is 13.2 Å². The van der Waals surface area contributed by atoms with Crippen molar-refractivity contribution in [1.29, 1.82) is 0 Å². The molecule has 50 heavy (non-hydrogen) atoms. The van der Waals surface area contributed by atoms with Gasteiger partial charge in [0.25, 0.3) is 0 Å². The summed E-state index contributed by atoms with van der Waals surface area (Å²) in [6.07, 6.45) is 6.80. The number of aromatic nitrogens is 6. The van der Waals surface area contributed by atoms with Crippen molar-refractivity contribution in [3.8, 4) is 22.8 Å². The molecular formula is C35H42F3N9O3. The van der Waals surface area contributed by atoms with Crippen molar-refractivity contribution >= 4 is 28.6 Å². The van der Waals surface area contributed by atoms with Crippen LogP contribution in [0.25, 0.3) is 33.9 Å². The zero-order chi connectivity index (χ0) is 35.0. The lowest BCUT2D eigenvalue weighted by molar-refractivity contribution is -0.139. The van der Waals surface area contributed by atoms with Gasteiger partial charge in [0, 0.05) is 70.0 Å². The Morgan fingerprint density at radius 3 is 2.50 bits per heavy atom. The van der Waals surface area contributed by atoms with Crippen LogP contribution in [0.1, 0.15) is 62.1 Å². The Bertz CT molecular complexity index is 1840. The van der Waals surface area contributed by atoms with Crippen LogP contribution in [-0.2, 0) is 15.7 Å². The highest BCUT2D eigenvalue weighted by atomic mass is 19.4. The molecule has 0 aromatic carbocycles. The normalized spacial score (nSPS) is 18.5. The monoisotopic (exact) mass is 693 g/mol. The molecule has 1 saturated heterocycles. The van der Waals surface area contributed by atoms with E-state index in [2.05, 4.69) is 29.7 Å². The number of alkyl halides is 3. The maximum Gasteiger partial charge on any atom is 0.418 e. The highest BCUT2D eigenvalue weighted by Crippen LogP contribution is 2.46. The molecule has 7 rings (SSSR count). The molecule has 4 aromatic rings. The number of anilines is 2. The van der Waals surface area contributed by atoms with Crippen LogP contribution in [0.5, 0.6) is 0 Å². The zero-order valence-electron chi connectivity index (χ0n) is 28.3. The van der Waals surface area contributed by atoms with Crippen molar-refractivity contribution in [2.45, 2.75) is 57.0 Å². The zero-order valence-corrected chi connectivity index (χ0v) is 28.3. The molecule has 12 nitrogen and oxygen atoms in total. The smallest absolute Gasteiger partial charge is 0.418 e. The Balaban J connectivity index is 1.23. The number of hydrogen-bond acceptors (Lipinski definition) is 10. The van der Waals surface area contributed by atoms with E-state index in [9.17, 15) is 23.1 Å². The number of aliphatic carboxylic acids is 1. The molecule has 2 saturated carbocycles. The molecule has 0 atom stereocenters. The first-order valence-corrected chi connectivity index (χ1v) is 17.2. The van der Waals surface area contributed by atoms with Crippen LogP contribution in [-0.4, -0.2) is 106 Å². The fourth-order valence-electron chi connectivity index (χ4n) is 7.59. The summed E-state index contributed by atoms with van der Waals surface area (Å²) in [5.74, 6) is 0.123. The number of nitrogens with zero attached hydrogens (tertiary/aromatic N) is 8. The van der Waals surface area contributed by atoms with Gasteiger partial charge in [0.15, 0.2) is 11.5 Å². The van der Waals surface area contributed by atoms with Gasteiger partial charge in [0.2, 0.25) is 0 Å². The molecule has 0 amide bonds. The number of imidazole rings is 1. The SMILES string of the molecule is COCC1(CN(C)c2cc(-c3cnc(C4CC4)c(C(F)(F)F)c3)nc3nc(-c4cnc(N5CCCN(CC(=O)O)CC5)cn4)[nH]c23)CCCC1. The van der Waals surface area contributed by atoms with Crippen LogP contribution in [0.3, 0.4) is 0 Å². The van der Waals surface area contributed by atoms with E-state index in [1.54, 1.807) is 19.5 Å². The van der Waals surface area contributed by atoms with Crippen molar-refractivity contribution < 1.29 is 27.8 Å². The number of hydrogen-bond donors (Lipinski definition) is 2. The first-order chi connectivity index (χ1) is 24.0. The van der Waals surface area contributed by atoms with Gasteiger partial charge in [-0.3, -0.25) is 14.7 Å². The summed E-state index contributed by atoms with van der Waals surface area (Å²) in [5, 5.41) is 9.18. The summed E-state index contributed by atoms with van der Waals surface area (Å²) in [6.45, 7) is 3.98. The lowest BCUT2D eigenvalue weighted by atomic mass is 9.86. The second-order valence-electron chi connectivity index (χ2n) is 14.0. The van der Waals surface area contributed by atoms with Crippen molar-refractivity contribution in [3.05, 3.63) is 42.0 Å². The summed E-state index contributed by atoms with van der Waals surface area (Å²) in [5.41, 5.74) is 2.22. The first kappa shape index (κ1) is 34.1. The fraction of sp³-hybridized carbons (Fsp3) is 0.543.